The quantitative estimate of drug-likeness (QED) is 0.892. The monoisotopic (exact) mass is 304 g/mol. The van der Waals surface area contributed by atoms with Gasteiger partial charge in [0, 0.05) is 16.3 Å². The van der Waals surface area contributed by atoms with Gasteiger partial charge in [-0.25, -0.2) is 0 Å². The smallest absolute Gasteiger partial charge is 0.247 e. The Balaban J connectivity index is 2.48. The fourth-order valence-electron chi connectivity index (χ4n) is 2.17. The molecule has 0 bridgehead atoms. The van der Waals surface area contributed by atoms with Gasteiger partial charge in [0.2, 0.25) is 5.91 Å². The molecule has 0 aliphatic carbocycles. The van der Waals surface area contributed by atoms with Crippen molar-refractivity contribution in [3.05, 3.63) is 59.1 Å². The Morgan fingerprint density at radius 2 is 1.95 bits per heavy atom. The van der Waals surface area contributed by atoms with Gasteiger partial charge < -0.3 is 15.8 Å². The molecule has 4 nitrogen and oxygen atoms in total. The highest BCUT2D eigenvalue weighted by Gasteiger charge is 2.35. The van der Waals surface area contributed by atoms with Gasteiger partial charge >= 0.3 is 0 Å². The zero-order valence-electron chi connectivity index (χ0n) is 11.9. The summed E-state index contributed by atoms with van der Waals surface area (Å²) in [6.45, 7) is 1.72. The molecule has 0 aliphatic rings. The van der Waals surface area contributed by atoms with E-state index in [2.05, 4.69) is 5.32 Å². The first kappa shape index (κ1) is 15.2. The molecule has 0 saturated heterocycles. The fourth-order valence-corrected chi connectivity index (χ4v) is 2.36. The number of rotatable bonds is 5. The highest BCUT2D eigenvalue weighted by atomic mass is 35.5. The van der Waals surface area contributed by atoms with E-state index in [9.17, 15) is 4.79 Å². The maximum absolute atomic E-state index is 12.1. The number of hydrogen-bond donors (Lipinski definition) is 2. The predicted molar refractivity (Wildman–Crippen MR) is 84.6 cm³/mol. The van der Waals surface area contributed by atoms with Crippen molar-refractivity contribution < 1.29 is 9.53 Å². The van der Waals surface area contributed by atoms with Crippen LogP contribution in [0.3, 0.4) is 0 Å². The van der Waals surface area contributed by atoms with Crippen LogP contribution in [-0.4, -0.2) is 13.0 Å². The summed E-state index contributed by atoms with van der Waals surface area (Å²) >= 11 is 5.98. The number of methoxy groups -OCH3 is 1. The first-order valence-electron chi connectivity index (χ1n) is 6.44. The second kappa shape index (κ2) is 6.06. The van der Waals surface area contributed by atoms with Gasteiger partial charge in [0.25, 0.3) is 0 Å². The molecular formula is C16H17ClN2O2. The predicted octanol–water partition coefficient (Wildman–Crippen LogP) is 3.16. The lowest BCUT2D eigenvalue weighted by atomic mass is 9.90. The summed E-state index contributed by atoms with van der Waals surface area (Å²) in [5, 5.41) is 3.72. The first-order valence-corrected chi connectivity index (χ1v) is 6.82. The summed E-state index contributed by atoms with van der Waals surface area (Å²) in [4.78, 5) is 12.1. The van der Waals surface area contributed by atoms with Gasteiger partial charge in [-0.05, 0) is 31.2 Å². The van der Waals surface area contributed by atoms with Crippen LogP contribution >= 0.6 is 11.6 Å². The van der Waals surface area contributed by atoms with Crippen LogP contribution in [0.15, 0.2) is 48.5 Å². The molecule has 5 heteroatoms. The molecule has 110 valence electrons. The van der Waals surface area contributed by atoms with Crippen LogP contribution in [0.2, 0.25) is 5.02 Å². The average molecular weight is 305 g/mol. The van der Waals surface area contributed by atoms with Crippen LogP contribution in [-0.2, 0) is 10.3 Å². The van der Waals surface area contributed by atoms with Crippen molar-refractivity contribution in [2.24, 2.45) is 5.73 Å². The largest absolute Gasteiger partial charge is 0.496 e. The molecule has 21 heavy (non-hydrogen) atoms. The van der Waals surface area contributed by atoms with Crippen molar-refractivity contribution >= 4 is 23.2 Å². The van der Waals surface area contributed by atoms with Crippen molar-refractivity contribution in [3.8, 4) is 5.75 Å². The fraction of sp³-hybridized carbons (Fsp3) is 0.188. The summed E-state index contributed by atoms with van der Waals surface area (Å²) < 4.78 is 5.33. The van der Waals surface area contributed by atoms with Gasteiger partial charge in [-0.3, -0.25) is 4.79 Å². The molecule has 0 spiro atoms. The number of amides is 1. The number of primary amides is 1. The number of para-hydroxylation sites is 1. The summed E-state index contributed by atoms with van der Waals surface area (Å²) in [5.74, 6) is 0.0836. The Morgan fingerprint density at radius 3 is 2.57 bits per heavy atom. The molecule has 1 atom stereocenters. The minimum absolute atomic E-state index is 0.507. The second-order valence-electron chi connectivity index (χ2n) is 4.82. The Morgan fingerprint density at radius 1 is 1.24 bits per heavy atom. The molecule has 0 fully saturated rings. The number of nitrogens with two attached hydrogens (primary N) is 1. The van der Waals surface area contributed by atoms with Crippen molar-refractivity contribution in [3.63, 3.8) is 0 Å². The summed E-state index contributed by atoms with van der Waals surface area (Å²) in [7, 11) is 1.56. The minimum Gasteiger partial charge on any atom is -0.496 e. The molecule has 0 aliphatic heterocycles. The Kier molecular flexibility index (Phi) is 4.38. The van der Waals surface area contributed by atoms with E-state index < -0.39 is 11.4 Å². The van der Waals surface area contributed by atoms with Gasteiger partial charge in [-0.2, -0.15) is 0 Å². The molecule has 0 aromatic heterocycles. The van der Waals surface area contributed by atoms with Gasteiger partial charge in [0.15, 0.2) is 0 Å². The Bertz CT molecular complexity index is 660. The number of carbonyl (C=O) groups is 1. The third-order valence-corrected chi connectivity index (χ3v) is 3.59. The standard InChI is InChI=1S/C16H17ClN2O2/c1-16(15(18)20,13-8-3-4-9-14(13)21-2)19-12-7-5-6-11(17)10-12/h3-10,19H,1-2H3,(H2,18,20). The molecule has 3 N–H and O–H groups in total. The van der Waals surface area contributed by atoms with E-state index in [0.29, 0.717) is 22.0 Å². The maximum Gasteiger partial charge on any atom is 0.247 e. The normalized spacial score (nSPS) is 13.3. The van der Waals surface area contributed by atoms with Gasteiger partial charge in [0.1, 0.15) is 11.3 Å². The molecule has 1 amide bonds. The zero-order chi connectivity index (χ0) is 15.5. The van der Waals surface area contributed by atoms with Crippen LogP contribution in [0.5, 0.6) is 5.75 Å². The van der Waals surface area contributed by atoms with Gasteiger partial charge in [0.05, 0.1) is 7.11 Å². The molecular weight excluding hydrogens is 288 g/mol. The lowest BCUT2D eigenvalue weighted by Gasteiger charge is -2.30. The number of halogens is 1. The van der Waals surface area contributed by atoms with E-state index in [4.69, 9.17) is 22.1 Å². The number of carbonyl (C=O) groups excluding carboxylic acids is 1. The van der Waals surface area contributed by atoms with Crippen LogP contribution in [0.25, 0.3) is 0 Å². The highest BCUT2D eigenvalue weighted by Crippen LogP contribution is 2.33. The van der Waals surface area contributed by atoms with Crippen LogP contribution in [0.4, 0.5) is 5.69 Å². The van der Waals surface area contributed by atoms with Crippen LogP contribution in [0.1, 0.15) is 12.5 Å². The number of benzene rings is 2. The number of nitrogens with one attached hydrogen (secondary N) is 1. The summed E-state index contributed by atoms with van der Waals surface area (Å²) in [6.07, 6.45) is 0. The third-order valence-electron chi connectivity index (χ3n) is 3.36. The Hall–Kier alpha value is -2.20. The third kappa shape index (κ3) is 3.11. The van der Waals surface area contributed by atoms with Gasteiger partial charge in [-0.15, -0.1) is 0 Å². The highest BCUT2D eigenvalue weighted by molar-refractivity contribution is 6.30. The van der Waals surface area contributed by atoms with E-state index in [1.807, 2.05) is 18.2 Å². The molecule has 0 heterocycles. The second-order valence-corrected chi connectivity index (χ2v) is 5.26. The van der Waals surface area contributed by atoms with Crippen molar-refractivity contribution in [2.75, 3.05) is 12.4 Å². The molecule has 2 aromatic carbocycles. The van der Waals surface area contributed by atoms with Gasteiger partial charge in [-0.1, -0.05) is 35.9 Å². The average Bonchev–Trinajstić information content (AvgIpc) is 2.47. The maximum atomic E-state index is 12.1. The van der Waals surface area contributed by atoms with Crippen LogP contribution < -0.4 is 15.8 Å². The molecule has 0 saturated carbocycles. The summed E-state index contributed by atoms with van der Waals surface area (Å²) in [5.41, 5.74) is 5.88. The molecule has 0 radical (unpaired) electrons. The Labute approximate surface area is 128 Å². The number of anilines is 1. The van der Waals surface area contributed by atoms with E-state index in [0.717, 1.165) is 0 Å². The lowest BCUT2D eigenvalue weighted by molar-refractivity contribution is -0.122. The first-order chi connectivity index (χ1) is 9.97. The topological polar surface area (TPSA) is 64.3 Å². The van der Waals surface area contributed by atoms with E-state index >= 15 is 0 Å². The van der Waals surface area contributed by atoms with Crippen molar-refractivity contribution in [1.82, 2.24) is 0 Å². The van der Waals surface area contributed by atoms with E-state index in [-0.39, 0.29) is 0 Å². The lowest BCUT2D eigenvalue weighted by Crippen LogP contribution is -2.45. The SMILES string of the molecule is COc1ccccc1C(C)(Nc1cccc(Cl)c1)C(N)=O. The van der Waals surface area contributed by atoms with Crippen molar-refractivity contribution in [2.45, 2.75) is 12.5 Å². The van der Waals surface area contributed by atoms with E-state index in [1.54, 1.807) is 44.4 Å². The van der Waals surface area contributed by atoms with Crippen molar-refractivity contribution in [1.29, 1.82) is 0 Å². The zero-order valence-corrected chi connectivity index (χ0v) is 12.6. The number of ether oxygens (including phenoxy) is 1. The summed E-state index contributed by atoms with van der Waals surface area (Å²) in [6, 6.07) is 14.4. The van der Waals surface area contributed by atoms with Crippen LogP contribution in [0, 0.1) is 0 Å². The molecule has 1 unspecified atom stereocenters. The molecule has 2 aromatic rings. The minimum atomic E-state index is -1.11. The number of hydrogen-bond acceptors (Lipinski definition) is 3. The molecule has 2 rings (SSSR count). The van der Waals surface area contributed by atoms with E-state index in [1.165, 1.54) is 0 Å².